The van der Waals surface area contributed by atoms with Crippen LogP contribution in [0.1, 0.15) is 20.3 Å². The second-order valence-corrected chi connectivity index (χ2v) is 5.67. The number of rotatable bonds is 1. The second kappa shape index (κ2) is 5.28. The van der Waals surface area contributed by atoms with Crippen LogP contribution in [-0.4, -0.2) is 38.9 Å². The molecule has 109 valence electrons. The van der Waals surface area contributed by atoms with Crippen molar-refractivity contribution >= 4 is 22.8 Å². The maximum Gasteiger partial charge on any atom is 0.139 e. The molecule has 7 nitrogen and oxygen atoms in total. The summed E-state index contributed by atoms with van der Waals surface area (Å²) in [7, 11) is 0. The Morgan fingerprint density at radius 1 is 1.50 bits per heavy atom. The van der Waals surface area contributed by atoms with E-state index < -0.39 is 5.60 Å². The maximum atomic E-state index is 10.3. The van der Waals surface area contributed by atoms with Gasteiger partial charge in [-0.05, 0) is 24.9 Å². The number of β-amino-alcohol motifs (C(OH)–C–C–N with tert-alkyl or cyclic N) is 1. The van der Waals surface area contributed by atoms with Gasteiger partial charge in [-0.1, -0.05) is 6.92 Å². The fraction of sp³-hybridized carbons (Fsp3) is 0.583. The van der Waals surface area contributed by atoms with Gasteiger partial charge in [0.05, 0.1) is 5.60 Å². The Hall–Kier alpha value is -1.23. The van der Waals surface area contributed by atoms with E-state index in [0.717, 1.165) is 18.4 Å². The van der Waals surface area contributed by atoms with E-state index in [0.29, 0.717) is 23.9 Å². The zero-order valence-corrected chi connectivity index (χ0v) is 14.1. The minimum absolute atomic E-state index is 0. The van der Waals surface area contributed by atoms with Gasteiger partial charge in [-0.15, -0.1) is 0 Å². The zero-order chi connectivity index (χ0) is 13.6. The molecule has 8 heteroatoms. The van der Waals surface area contributed by atoms with Crippen LogP contribution in [0, 0.1) is 5.92 Å². The molecule has 2 unspecified atom stereocenters. The van der Waals surface area contributed by atoms with Gasteiger partial charge in [-0.3, -0.25) is 5.10 Å². The summed E-state index contributed by atoms with van der Waals surface area (Å²) in [5.41, 5.74) is 5.49. The summed E-state index contributed by atoms with van der Waals surface area (Å²) in [5.74, 6) is 1.27. The molecule has 0 aromatic carbocycles. The van der Waals surface area contributed by atoms with Crippen LogP contribution >= 0.6 is 0 Å². The molecule has 2 atom stereocenters. The van der Waals surface area contributed by atoms with Gasteiger partial charge in [0.15, 0.2) is 0 Å². The number of aromatic nitrogens is 4. The first-order valence-corrected chi connectivity index (χ1v) is 6.33. The average molecular weight is 448 g/mol. The van der Waals surface area contributed by atoms with Gasteiger partial charge in [0.25, 0.3) is 0 Å². The minimum atomic E-state index is -0.725. The molecule has 3 N–H and O–H groups in total. The number of hydrogen-bond acceptors (Lipinski definition) is 6. The van der Waals surface area contributed by atoms with Crippen molar-refractivity contribution in [3.05, 3.63) is 6.20 Å². The third-order valence-corrected chi connectivity index (χ3v) is 3.41. The number of nitrogens with two attached hydrogens (primary N) is 1. The number of fused-ring (bicyclic) bond motifs is 1. The fourth-order valence-corrected chi connectivity index (χ4v) is 2.93. The molecule has 0 amide bonds. The molecule has 0 aliphatic carbocycles. The van der Waals surface area contributed by atoms with Gasteiger partial charge in [0.1, 0.15) is 11.8 Å². The van der Waals surface area contributed by atoms with E-state index in [9.17, 15) is 5.11 Å². The van der Waals surface area contributed by atoms with Crippen LogP contribution in [0.15, 0.2) is 6.20 Å². The summed E-state index contributed by atoms with van der Waals surface area (Å²) < 4.78 is 0. The van der Waals surface area contributed by atoms with Crippen LogP contribution in [0.25, 0.3) is 11.0 Å². The molecular formula is C12H17N6ORe-. The number of piperidine rings is 1. The molecule has 1 aliphatic heterocycles. The number of anilines is 2. The van der Waals surface area contributed by atoms with Gasteiger partial charge in [0, 0.05) is 45.1 Å². The molecule has 1 aliphatic rings. The zero-order valence-electron chi connectivity index (χ0n) is 11.4. The van der Waals surface area contributed by atoms with E-state index in [4.69, 9.17) is 5.73 Å². The molecular weight excluding hydrogens is 430 g/mol. The average Bonchev–Trinajstić information content (AvgIpc) is 2.72. The monoisotopic (exact) mass is 448 g/mol. The van der Waals surface area contributed by atoms with Crippen LogP contribution in [-0.2, 0) is 20.4 Å². The molecule has 2 aromatic rings. The van der Waals surface area contributed by atoms with Gasteiger partial charge in [-0.25, -0.2) is 4.98 Å². The maximum absolute atomic E-state index is 10.3. The van der Waals surface area contributed by atoms with E-state index in [2.05, 4.69) is 27.1 Å². The molecule has 2 aromatic heterocycles. The van der Waals surface area contributed by atoms with Crippen LogP contribution in [0.2, 0.25) is 0 Å². The van der Waals surface area contributed by atoms with Crippen LogP contribution in [0.3, 0.4) is 0 Å². The second-order valence-electron chi connectivity index (χ2n) is 5.67. The van der Waals surface area contributed by atoms with Crippen LogP contribution in [0.5, 0.6) is 0 Å². The Labute approximate surface area is 130 Å². The third-order valence-electron chi connectivity index (χ3n) is 3.41. The third kappa shape index (κ3) is 2.78. The van der Waals surface area contributed by atoms with Gasteiger partial charge < -0.3 is 25.8 Å². The van der Waals surface area contributed by atoms with Gasteiger partial charge in [-0.2, -0.15) is 0 Å². The molecule has 1 fully saturated rings. The standard InChI is InChI=1S/C12H17N6O.Re/c1-7-3-12(2,19)6-18(5-7)10-8-4-14-17-9(8)15-11(13)16-10;/h4,7,19H,3,5-6H2,1-2H3,(H2-,13,14,15,16,17);/q-1;. The SMILES string of the molecule is CC1CN(c2nc(N)nc3[n-]ncc23)CC(C)(O)C1.[Re]. The first kappa shape index (κ1) is 15.2. The number of nitrogen functional groups attached to an aromatic ring is 1. The first-order valence-electron chi connectivity index (χ1n) is 6.33. The number of nitrogens with zero attached hydrogens (tertiary/aromatic N) is 5. The predicted octanol–water partition coefficient (Wildman–Crippen LogP) is 0.159. The first-order chi connectivity index (χ1) is 8.94. The smallest absolute Gasteiger partial charge is 0.139 e. The van der Waals surface area contributed by atoms with Crippen molar-refractivity contribution in [1.82, 2.24) is 20.2 Å². The van der Waals surface area contributed by atoms with Crippen molar-refractivity contribution in [3.8, 4) is 0 Å². The van der Waals surface area contributed by atoms with E-state index >= 15 is 0 Å². The van der Waals surface area contributed by atoms with Crippen molar-refractivity contribution in [2.24, 2.45) is 5.92 Å². The quantitative estimate of drug-likeness (QED) is 0.642. The molecule has 0 bridgehead atoms. The summed E-state index contributed by atoms with van der Waals surface area (Å²) in [6.07, 6.45) is 2.42. The van der Waals surface area contributed by atoms with Crippen molar-refractivity contribution < 1.29 is 25.5 Å². The molecule has 0 saturated carbocycles. The van der Waals surface area contributed by atoms with E-state index in [1.54, 1.807) is 6.20 Å². The Balaban J connectivity index is 0.00000147. The van der Waals surface area contributed by atoms with Crippen molar-refractivity contribution in [1.29, 1.82) is 0 Å². The molecule has 20 heavy (non-hydrogen) atoms. The molecule has 3 rings (SSSR count). The molecule has 3 heterocycles. The predicted molar refractivity (Wildman–Crippen MR) is 71.7 cm³/mol. The topological polar surface area (TPSA) is 102 Å². The van der Waals surface area contributed by atoms with Crippen molar-refractivity contribution in [2.45, 2.75) is 25.9 Å². The van der Waals surface area contributed by atoms with Crippen molar-refractivity contribution in [3.63, 3.8) is 0 Å². The Morgan fingerprint density at radius 2 is 2.25 bits per heavy atom. The molecule has 1 saturated heterocycles. The fourth-order valence-electron chi connectivity index (χ4n) is 2.93. The van der Waals surface area contributed by atoms with Gasteiger partial charge in [0.2, 0.25) is 0 Å². The normalized spacial score (nSPS) is 26.6. The summed E-state index contributed by atoms with van der Waals surface area (Å²) in [4.78, 5) is 10.4. The summed E-state index contributed by atoms with van der Waals surface area (Å²) >= 11 is 0. The van der Waals surface area contributed by atoms with Crippen LogP contribution in [0.4, 0.5) is 11.8 Å². The summed E-state index contributed by atoms with van der Waals surface area (Å²) in [6.45, 7) is 5.31. The van der Waals surface area contributed by atoms with Gasteiger partial charge >= 0.3 is 0 Å². The molecule has 1 radical (unpaired) electrons. The molecule has 0 spiro atoms. The van der Waals surface area contributed by atoms with Crippen molar-refractivity contribution in [2.75, 3.05) is 23.7 Å². The number of aliphatic hydroxyl groups is 1. The summed E-state index contributed by atoms with van der Waals surface area (Å²) in [6, 6.07) is 0. The van der Waals surface area contributed by atoms with E-state index in [1.165, 1.54) is 0 Å². The minimum Gasteiger partial charge on any atom is -0.403 e. The van der Waals surface area contributed by atoms with Crippen LogP contribution < -0.4 is 15.7 Å². The number of hydrogen-bond donors (Lipinski definition) is 2. The Kier molecular flexibility index (Phi) is 4.00. The Morgan fingerprint density at radius 3 is 2.95 bits per heavy atom. The Bertz CT molecular complexity index is 613. The largest absolute Gasteiger partial charge is 0.403 e. The van der Waals surface area contributed by atoms with E-state index in [-0.39, 0.29) is 26.4 Å². The summed E-state index contributed by atoms with van der Waals surface area (Å²) in [5, 5.41) is 18.9. The van der Waals surface area contributed by atoms with E-state index in [1.807, 2.05) is 11.8 Å².